The largest absolute Gasteiger partial charge is 0.481 e. The summed E-state index contributed by atoms with van der Waals surface area (Å²) in [4.78, 5) is 24.7. The number of hydrogen-bond donors (Lipinski definition) is 2. The molecule has 21 heavy (non-hydrogen) atoms. The molecule has 5 nitrogen and oxygen atoms in total. The van der Waals surface area contributed by atoms with Gasteiger partial charge in [-0.05, 0) is 34.1 Å². The molecule has 0 aromatic carbocycles. The smallest absolute Gasteiger partial charge is 0.304 e. The van der Waals surface area contributed by atoms with Gasteiger partial charge in [0, 0.05) is 18.1 Å². The van der Waals surface area contributed by atoms with Crippen LogP contribution < -0.4 is 5.32 Å². The average Bonchev–Trinajstić information content (AvgIpc) is 2.33. The Kier molecular flexibility index (Phi) is 9.26. The number of carboxylic acid groups (broad SMARTS) is 1. The van der Waals surface area contributed by atoms with Crippen molar-refractivity contribution in [1.29, 1.82) is 0 Å². The monoisotopic (exact) mass is 300 g/mol. The quantitative estimate of drug-likeness (QED) is 0.609. The van der Waals surface area contributed by atoms with Crippen molar-refractivity contribution in [3.8, 4) is 0 Å². The van der Waals surface area contributed by atoms with Gasteiger partial charge in [0.2, 0.25) is 5.91 Å². The van der Waals surface area contributed by atoms with Crippen molar-refractivity contribution in [1.82, 2.24) is 10.2 Å². The molecule has 1 amide bonds. The predicted octanol–water partition coefficient (Wildman–Crippen LogP) is 2.65. The van der Waals surface area contributed by atoms with Gasteiger partial charge in [-0.25, -0.2) is 0 Å². The Morgan fingerprint density at radius 1 is 1.24 bits per heavy atom. The van der Waals surface area contributed by atoms with Crippen LogP contribution in [0.1, 0.15) is 66.7 Å². The predicted molar refractivity (Wildman–Crippen MR) is 85.3 cm³/mol. The summed E-state index contributed by atoms with van der Waals surface area (Å²) in [7, 11) is 0. The normalized spacial score (nSPS) is 13.2. The van der Waals surface area contributed by atoms with Crippen molar-refractivity contribution in [2.75, 3.05) is 13.1 Å². The fourth-order valence-electron chi connectivity index (χ4n) is 2.15. The SMILES string of the molecule is CCCCCC(C)NC(=O)CN(CCC(=O)O)C(C)(C)C. The second-order valence-corrected chi connectivity index (χ2v) is 6.70. The van der Waals surface area contributed by atoms with E-state index in [2.05, 4.69) is 12.2 Å². The lowest BCUT2D eigenvalue weighted by molar-refractivity contribution is -0.138. The second kappa shape index (κ2) is 9.77. The third kappa shape index (κ3) is 10.3. The molecule has 0 aliphatic carbocycles. The number of nitrogens with zero attached hydrogens (tertiary/aromatic N) is 1. The van der Waals surface area contributed by atoms with Crippen LogP contribution in [0.15, 0.2) is 0 Å². The maximum Gasteiger partial charge on any atom is 0.304 e. The minimum absolute atomic E-state index is 0.0284. The molecule has 0 aliphatic heterocycles. The van der Waals surface area contributed by atoms with Gasteiger partial charge in [0.1, 0.15) is 0 Å². The minimum Gasteiger partial charge on any atom is -0.481 e. The summed E-state index contributed by atoms with van der Waals surface area (Å²) in [5.74, 6) is -0.864. The molecular weight excluding hydrogens is 268 g/mol. The van der Waals surface area contributed by atoms with Crippen LogP contribution in [-0.2, 0) is 9.59 Å². The lowest BCUT2D eigenvalue weighted by Gasteiger charge is -2.35. The summed E-state index contributed by atoms with van der Waals surface area (Å²) in [6, 6.07) is 0.172. The summed E-state index contributed by atoms with van der Waals surface area (Å²) in [6.07, 6.45) is 4.53. The van der Waals surface area contributed by atoms with Crippen molar-refractivity contribution in [3.05, 3.63) is 0 Å². The van der Waals surface area contributed by atoms with Gasteiger partial charge < -0.3 is 10.4 Å². The van der Waals surface area contributed by atoms with Crippen molar-refractivity contribution in [2.45, 2.75) is 78.3 Å². The van der Waals surface area contributed by atoms with Gasteiger partial charge in [0.15, 0.2) is 0 Å². The molecule has 0 spiro atoms. The molecule has 2 N–H and O–H groups in total. The zero-order valence-electron chi connectivity index (χ0n) is 14.2. The van der Waals surface area contributed by atoms with Gasteiger partial charge in [-0.1, -0.05) is 26.2 Å². The number of aliphatic carboxylic acids is 1. The number of carbonyl (C=O) groups is 2. The minimum atomic E-state index is -0.836. The molecule has 1 unspecified atom stereocenters. The third-order valence-electron chi connectivity index (χ3n) is 3.53. The third-order valence-corrected chi connectivity index (χ3v) is 3.53. The topological polar surface area (TPSA) is 69.6 Å². The summed E-state index contributed by atoms with van der Waals surface area (Å²) >= 11 is 0. The maximum atomic E-state index is 12.1. The summed E-state index contributed by atoms with van der Waals surface area (Å²) in [5.41, 5.74) is -0.224. The highest BCUT2D eigenvalue weighted by Gasteiger charge is 2.24. The first-order valence-electron chi connectivity index (χ1n) is 7.93. The highest BCUT2D eigenvalue weighted by atomic mass is 16.4. The Hall–Kier alpha value is -1.10. The van der Waals surface area contributed by atoms with Crippen molar-refractivity contribution < 1.29 is 14.7 Å². The molecule has 0 rings (SSSR count). The first kappa shape index (κ1) is 19.9. The zero-order valence-corrected chi connectivity index (χ0v) is 14.2. The number of rotatable bonds is 10. The molecule has 1 atom stereocenters. The van der Waals surface area contributed by atoms with Gasteiger partial charge in [0.05, 0.1) is 13.0 Å². The van der Waals surface area contributed by atoms with Gasteiger partial charge in [-0.15, -0.1) is 0 Å². The van der Waals surface area contributed by atoms with E-state index in [1.165, 1.54) is 12.8 Å². The summed E-state index contributed by atoms with van der Waals surface area (Å²) in [5, 5.41) is 11.8. The van der Waals surface area contributed by atoms with Crippen LogP contribution in [0.2, 0.25) is 0 Å². The van der Waals surface area contributed by atoms with E-state index < -0.39 is 5.97 Å². The molecule has 0 saturated heterocycles. The van der Waals surface area contributed by atoms with Gasteiger partial charge >= 0.3 is 5.97 Å². The Morgan fingerprint density at radius 3 is 2.33 bits per heavy atom. The summed E-state index contributed by atoms with van der Waals surface area (Å²) < 4.78 is 0. The molecule has 0 bridgehead atoms. The molecule has 0 aromatic rings. The number of carbonyl (C=O) groups excluding carboxylic acids is 1. The van der Waals surface area contributed by atoms with Gasteiger partial charge in [-0.2, -0.15) is 0 Å². The molecule has 0 fully saturated rings. The van der Waals surface area contributed by atoms with E-state index in [9.17, 15) is 9.59 Å². The molecule has 0 radical (unpaired) electrons. The number of nitrogens with one attached hydrogen (secondary N) is 1. The number of unbranched alkanes of at least 4 members (excludes halogenated alkanes) is 2. The molecular formula is C16H32N2O3. The lowest BCUT2D eigenvalue weighted by atomic mass is 10.1. The van der Waals surface area contributed by atoms with Crippen LogP contribution in [0.3, 0.4) is 0 Å². The number of hydrogen-bond acceptors (Lipinski definition) is 3. The van der Waals surface area contributed by atoms with Crippen molar-refractivity contribution in [2.24, 2.45) is 0 Å². The average molecular weight is 300 g/mol. The van der Waals surface area contributed by atoms with Crippen LogP contribution >= 0.6 is 0 Å². The molecule has 0 aliphatic rings. The Bertz CT molecular complexity index is 324. The first-order valence-corrected chi connectivity index (χ1v) is 7.93. The fourth-order valence-corrected chi connectivity index (χ4v) is 2.15. The highest BCUT2D eigenvalue weighted by molar-refractivity contribution is 5.78. The Labute approximate surface area is 129 Å². The van der Waals surface area contributed by atoms with Crippen LogP contribution in [-0.4, -0.2) is 46.6 Å². The van der Waals surface area contributed by atoms with E-state index in [-0.39, 0.29) is 30.5 Å². The molecule has 124 valence electrons. The standard InChI is InChI=1S/C16H32N2O3/c1-6-7-8-9-13(2)17-14(19)12-18(16(3,4)5)11-10-15(20)21/h13H,6-12H2,1-5H3,(H,17,19)(H,20,21). The van der Waals surface area contributed by atoms with Crippen molar-refractivity contribution in [3.63, 3.8) is 0 Å². The van der Waals surface area contributed by atoms with Gasteiger partial charge in [-0.3, -0.25) is 14.5 Å². The van der Waals surface area contributed by atoms with E-state index >= 15 is 0 Å². The van der Waals surface area contributed by atoms with Crippen LogP contribution in [0.5, 0.6) is 0 Å². The maximum absolute atomic E-state index is 12.1. The van der Waals surface area contributed by atoms with Crippen LogP contribution in [0.25, 0.3) is 0 Å². The Morgan fingerprint density at radius 2 is 1.86 bits per heavy atom. The molecule has 0 heterocycles. The van der Waals surface area contributed by atoms with Crippen molar-refractivity contribution >= 4 is 11.9 Å². The number of carboxylic acids is 1. The lowest BCUT2D eigenvalue weighted by Crippen LogP contribution is -2.49. The first-order chi connectivity index (χ1) is 9.66. The zero-order chi connectivity index (χ0) is 16.5. The van der Waals surface area contributed by atoms with E-state index in [0.717, 1.165) is 12.8 Å². The molecule has 0 aromatic heterocycles. The highest BCUT2D eigenvalue weighted by Crippen LogP contribution is 2.13. The van der Waals surface area contributed by atoms with E-state index in [1.54, 1.807) is 0 Å². The Balaban J connectivity index is 4.30. The molecule has 0 saturated carbocycles. The van der Waals surface area contributed by atoms with E-state index in [4.69, 9.17) is 5.11 Å². The summed E-state index contributed by atoms with van der Waals surface area (Å²) in [6.45, 7) is 10.8. The van der Waals surface area contributed by atoms with Crippen LogP contribution in [0.4, 0.5) is 0 Å². The second-order valence-electron chi connectivity index (χ2n) is 6.70. The molecule has 5 heteroatoms. The van der Waals surface area contributed by atoms with Gasteiger partial charge in [0.25, 0.3) is 0 Å². The fraction of sp³-hybridized carbons (Fsp3) is 0.875. The van der Waals surface area contributed by atoms with E-state index in [1.807, 2.05) is 32.6 Å². The number of amides is 1. The van der Waals surface area contributed by atoms with Crippen LogP contribution in [0, 0.1) is 0 Å². The van der Waals surface area contributed by atoms with E-state index in [0.29, 0.717) is 6.54 Å².